The molecule has 33 heavy (non-hydrogen) atoms. The van der Waals surface area contributed by atoms with Gasteiger partial charge in [0.1, 0.15) is 5.82 Å². The molecule has 3 saturated heterocycles. The molecule has 3 fully saturated rings. The largest absolute Gasteiger partial charge is 0.439 e. The van der Waals surface area contributed by atoms with Gasteiger partial charge in [-0.05, 0) is 36.6 Å². The van der Waals surface area contributed by atoms with Crippen molar-refractivity contribution in [3.8, 4) is 0 Å². The van der Waals surface area contributed by atoms with Crippen molar-refractivity contribution in [2.45, 2.75) is 38.3 Å². The van der Waals surface area contributed by atoms with Gasteiger partial charge in [-0.25, -0.2) is 19.2 Å². The summed E-state index contributed by atoms with van der Waals surface area (Å²) in [4.78, 5) is 40.3. The predicted molar refractivity (Wildman–Crippen MR) is 119 cm³/mol. The first kappa shape index (κ1) is 21.6. The van der Waals surface area contributed by atoms with E-state index in [-0.39, 0.29) is 17.8 Å². The van der Waals surface area contributed by atoms with Crippen LogP contribution in [-0.4, -0.2) is 70.1 Å². The topological polar surface area (TPSA) is 78.9 Å². The van der Waals surface area contributed by atoms with Crippen LogP contribution in [0, 0.1) is 11.2 Å². The number of hydrogen-bond acceptors (Lipinski definition) is 6. The Balaban J connectivity index is 1.19. The monoisotopic (exact) mass is 453 g/mol. The first-order chi connectivity index (χ1) is 15.9. The molecule has 3 aliphatic heterocycles. The van der Waals surface area contributed by atoms with Gasteiger partial charge in [0.25, 0.3) is 0 Å². The number of aromatic nitrogens is 2. The van der Waals surface area contributed by atoms with Crippen LogP contribution in [0.25, 0.3) is 0 Å². The number of hydrogen-bond donors (Lipinski definition) is 0. The maximum Gasteiger partial charge on any atom is 0.410 e. The summed E-state index contributed by atoms with van der Waals surface area (Å²) < 4.78 is 19.0. The van der Waals surface area contributed by atoms with Crippen LogP contribution in [0.1, 0.15) is 31.7 Å². The van der Waals surface area contributed by atoms with E-state index in [0.717, 1.165) is 31.5 Å². The molecule has 0 unspecified atom stereocenters. The van der Waals surface area contributed by atoms with Crippen LogP contribution in [-0.2, 0) is 16.1 Å². The lowest BCUT2D eigenvalue weighted by atomic mass is 9.79. The molecule has 174 valence electrons. The lowest BCUT2D eigenvalue weighted by Gasteiger charge is -2.40. The van der Waals surface area contributed by atoms with E-state index in [1.165, 1.54) is 12.1 Å². The van der Waals surface area contributed by atoms with Gasteiger partial charge in [-0.3, -0.25) is 9.69 Å². The van der Waals surface area contributed by atoms with Gasteiger partial charge in [0.2, 0.25) is 11.9 Å². The summed E-state index contributed by atoms with van der Waals surface area (Å²) in [5, 5.41) is 0. The van der Waals surface area contributed by atoms with Crippen molar-refractivity contribution in [3.63, 3.8) is 0 Å². The standard InChI is InChI=1S/C24H28FN5O3/c1-23(7-12-28(13-8-23)21-26-10-2-11-27-21)20(31)29-14-9-24(16-29)17-30(22(32)33-24)15-18-3-5-19(25)6-4-18/h2-6,10-11H,7-9,12-17H2,1H3/t24-/m1/s1. The lowest BCUT2D eigenvalue weighted by molar-refractivity contribution is -0.142. The molecule has 0 radical (unpaired) electrons. The van der Waals surface area contributed by atoms with Gasteiger partial charge >= 0.3 is 6.09 Å². The molecule has 2 amide bonds. The summed E-state index contributed by atoms with van der Waals surface area (Å²) in [5.41, 5.74) is -0.271. The average molecular weight is 454 g/mol. The third-order valence-corrected chi connectivity index (χ3v) is 7.15. The van der Waals surface area contributed by atoms with Crippen molar-refractivity contribution in [3.05, 3.63) is 54.1 Å². The molecule has 1 aromatic heterocycles. The van der Waals surface area contributed by atoms with E-state index in [1.807, 2.05) is 11.8 Å². The summed E-state index contributed by atoms with van der Waals surface area (Å²) in [7, 11) is 0. The van der Waals surface area contributed by atoms with E-state index < -0.39 is 11.0 Å². The number of anilines is 1. The van der Waals surface area contributed by atoms with E-state index in [4.69, 9.17) is 4.74 Å². The van der Waals surface area contributed by atoms with Gasteiger partial charge in [-0.15, -0.1) is 0 Å². The third-order valence-electron chi connectivity index (χ3n) is 7.15. The van der Waals surface area contributed by atoms with Crippen molar-refractivity contribution >= 4 is 17.9 Å². The third kappa shape index (κ3) is 4.24. The fraction of sp³-hybridized carbons (Fsp3) is 0.500. The predicted octanol–water partition coefficient (Wildman–Crippen LogP) is 2.85. The zero-order chi connectivity index (χ0) is 23.1. The Kier molecular flexibility index (Phi) is 5.42. The maximum absolute atomic E-state index is 13.5. The molecule has 1 spiro atoms. The molecule has 0 saturated carbocycles. The van der Waals surface area contributed by atoms with Crippen LogP contribution >= 0.6 is 0 Å². The number of likely N-dealkylation sites (tertiary alicyclic amines) is 1. The van der Waals surface area contributed by atoms with Gasteiger partial charge < -0.3 is 14.5 Å². The highest BCUT2D eigenvalue weighted by molar-refractivity contribution is 5.83. The molecule has 5 rings (SSSR count). The second-order valence-corrected chi connectivity index (χ2v) is 9.61. The van der Waals surface area contributed by atoms with E-state index in [2.05, 4.69) is 14.9 Å². The van der Waals surface area contributed by atoms with Crippen molar-refractivity contribution in [2.24, 2.45) is 5.41 Å². The molecule has 0 N–H and O–H groups in total. The molecule has 0 bridgehead atoms. The van der Waals surface area contributed by atoms with Crippen LogP contribution in [0.15, 0.2) is 42.7 Å². The van der Waals surface area contributed by atoms with Gasteiger partial charge in [0, 0.05) is 50.4 Å². The van der Waals surface area contributed by atoms with E-state index in [1.54, 1.807) is 35.5 Å². The first-order valence-corrected chi connectivity index (χ1v) is 11.4. The molecular weight excluding hydrogens is 425 g/mol. The van der Waals surface area contributed by atoms with Crippen LogP contribution in [0.2, 0.25) is 0 Å². The zero-order valence-electron chi connectivity index (χ0n) is 18.7. The number of halogens is 1. The number of amides is 2. The van der Waals surface area contributed by atoms with E-state index in [0.29, 0.717) is 38.5 Å². The Bertz CT molecular complexity index is 1030. The Hall–Kier alpha value is -3.23. The smallest absolute Gasteiger partial charge is 0.410 e. The quantitative estimate of drug-likeness (QED) is 0.709. The summed E-state index contributed by atoms with van der Waals surface area (Å²) >= 11 is 0. The molecule has 3 aliphatic rings. The van der Waals surface area contributed by atoms with Crippen molar-refractivity contribution in [2.75, 3.05) is 37.6 Å². The van der Waals surface area contributed by atoms with Gasteiger partial charge in [0.05, 0.1) is 13.1 Å². The first-order valence-electron chi connectivity index (χ1n) is 11.4. The molecule has 9 heteroatoms. The Morgan fingerprint density at radius 1 is 1.06 bits per heavy atom. The van der Waals surface area contributed by atoms with E-state index >= 15 is 0 Å². The van der Waals surface area contributed by atoms with Crippen LogP contribution < -0.4 is 4.90 Å². The van der Waals surface area contributed by atoms with Crippen molar-refractivity contribution in [1.82, 2.24) is 19.8 Å². The van der Waals surface area contributed by atoms with Crippen molar-refractivity contribution in [1.29, 1.82) is 0 Å². The molecular formula is C24H28FN5O3. The van der Waals surface area contributed by atoms with Gasteiger partial charge in [-0.1, -0.05) is 19.1 Å². The molecule has 0 aliphatic carbocycles. The minimum Gasteiger partial charge on any atom is -0.439 e. The molecule has 2 aromatic rings. The highest BCUT2D eigenvalue weighted by Gasteiger charge is 2.52. The summed E-state index contributed by atoms with van der Waals surface area (Å²) in [6, 6.07) is 7.91. The normalized spacial score (nSPS) is 24.4. The second kappa shape index (κ2) is 8.28. The fourth-order valence-electron chi connectivity index (χ4n) is 5.11. The van der Waals surface area contributed by atoms with Gasteiger partial charge in [-0.2, -0.15) is 0 Å². The van der Waals surface area contributed by atoms with Crippen LogP contribution in [0.3, 0.4) is 0 Å². The number of nitrogens with zero attached hydrogens (tertiary/aromatic N) is 5. The number of benzene rings is 1. The Morgan fingerprint density at radius 2 is 1.76 bits per heavy atom. The molecule has 4 heterocycles. The number of piperidine rings is 1. The van der Waals surface area contributed by atoms with E-state index in [9.17, 15) is 14.0 Å². The molecule has 1 atom stereocenters. The van der Waals surface area contributed by atoms with Crippen LogP contribution in [0.4, 0.5) is 15.1 Å². The number of ether oxygens (including phenoxy) is 1. The number of carbonyl (C=O) groups excluding carboxylic acids is 2. The second-order valence-electron chi connectivity index (χ2n) is 9.61. The number of rotatable bonds is 4. The van der Waals surface area contributed by atoms with Crippen LogP contribution in [0.5, 0.6) is 0 Å². The minimum atomic E-state index is -0.665. The Morgan fingerprint density at radius 3 is 2.45 bits per heavy atom. The summed E-state index contributed by atoms with van der Waals surface area (Å²) in [5.74, 6) is 0.520. The van der Waals surface area contributed by atoms with Gasteiger partial charge in [0.15, 0.2) is 5.60 Å². The molecule has 1 aromatic carbocycles. The fourth-order valence-corrected chi connectivity index (χ4v) is 5.11. The van der Waals surface area contributed by atoms with Crippen molar-refractivity contribution < 1.29 is 18.7 Å². The summed E-state index contributed by atoms with van der Waals surface area (Å²) in [6.45, 7) is 5.28. The number of carbonyl (C=O) groups is 2. The lowest BCUT2D eigenvalue weighted by Crippen LogP contribution is -2.49. The molecule has 8 nitrogen and oxygen atoms in total. The summed E-state index contributed by atoms with van der Waals surface area (Å²) in [6.07, 6.45) is 5.16. The SMILES string of the molecule is CC1(C(=O)N2CC[C@]3(CN(Cc4ccc(F)cc4)C(=O)O3)C2)CCN(c2ncccn2)CC1. The minimum absolute atomic E-state index is 0.126. The highest BCUT2D eigenvalue weighted by atomic mass is 19.1. The highest BCUT2D eigenvalue weighted by Crippen LogP contribution is 2.39. The average Bonchev–Trinajstić information content (AvgIpc) is 3.37. The maximum atomic E-state index is 13.5. The Labute approximate surface area is 192 Å². The zero-order valence-corrected chi connectivity index (χ0v) is 18.7.